The summed E-state index contributed by atoms with van der Waals surface area (Å²) in [6.07, 6.45) is 3.99. The lowest BCUT2D eigenvalue weighted by atomic mass is 9.87. The Morgan fingerprint density at radius 2 is 2.10 bits per heavy atom. The molecule has 21 heavy (non-hydrogen) atoms. The van der Waals surface area contributed by atoms with Gasteiger partial charge in [0.05, 0.1) is 11.5 Å². The number of hydrogen-bond acceptors (Lipinski definition) is 4. The molecule has 1 amide bonds. The van der Waals surface area contributed by atoms with Crippen LogP contribution >= 0.6 is 0 Å². The molecule has 0 radical (unpaired) electrons. The number of hydrogen-bond donors (Lipinski definition) is 2. The molecule has 0 aromatic heterocycles. The number of nitro benzene ring substituents is 1. The molecule has 0 saturated heterocycles. The number of aliphatic hydroxyl groups is 1. The van der Waals surface area contributed by atoms with E-state index in [0.717, 1.165) is 25.7 Å². The summed E-state index contributed by atoms with van der Waals surface area (Å²) in [5.41, 5.74) is 0.676. The van der Waals surface area contributed by atoms with Gasteiger partial charge in [0, 0.05) is 29.2 Å². The van der Waals surface area contributed by atoms with Crippen molar-refractivity contribution in [1.29, 1.82) is 0 Å². The van der Waals surface area contributed by atoms with Crippen LogP contribution in [0, 0.1) is 22.5 Å². The van der Waals surface area contributed by atoms with Crippen LogP contribution < -0.4 is 5.32 Å². The number of nitro groups is 1. The maximum Gasteiger partial charge on any atom is 0.272 e. The van der Waals surface area contributed by atoms with Crippen molar-refractivity contribution in [3.63, 3.8) is 0 Å². The van der Waals surface area contributed by atoms with Gasteiger partial charge in [0.25, 0.3) is 11.6 Å². The monoisotopic (exact) mass is 292 g/mol. The van der Waals surface area contributed by atoms with Crippen molar-refractivity contribution in [2.24, 2.45) is 5.41 Å². The SMILES string of the molecule is Cc1cc(C(=O)NCC2(CO)CCCC2)ccc1[N+](=O)[O-]. The molecule has 1 saturated carbocycles. The van der Waals surface area contributed by atoms with Crippen LogP contribution in [0.1, 0.15) is 41.6 Å². The normalized spacial score (nSPS) is 16.7. The van der Waals surface area contributed by atoms with Crippen molar-refractivity contribution in [1.82, 2.24) is 5.32 Å². The van der Waals surface area contributed by atoms with Crippen molar-refractivity contribution in [3.8, 4) is 0 Å². The number of aryl methyl sites for hydroxylation is 1. The number of aliphatic hydroxyl groups excluding tert-OH is 1. The average Bonchev–Trinajstić information content (AvgIpc) is 2.93. The van der Waals surface area contributed by atoms with E-state index in [2.05, 4.69) is 5.32 Å². The van der Waals surface area contributed by atoms with Crippen LogP contribution in [0.3, 0.4) is 0 Å². The summed E-state index contributed by atoms with van der Waals surface area (Å²) in [6, 6.07) is 4.33. The predicted molar refractivity (Wildman–Crippen MR) is 78.2 cm³/mol. The molecule has 6 heteroatoms. The summed E-state index contributed by atoms with van der Waals surface area (Å²) in [5, 5.41) is 23.1. The largest absolute Gasteiger partial charge is 0.396 e. The first-order chi connectivity index (χ1) is 9.97. The smallest absolute Gasteiger partial charge is 0.272 e. The van der Waals surface area contributed by atoms with Crippen LogP contribution in [0.5, 0.6) is 0 Å². The van der Waals surface area contributed by atoms with E-state index in [9.17, 15) is 20.0 Å². The molecule has 1 aromatic carbocycles. The van der Waals surface area contributed by atoms with E-state index in [1.54, 1.807) is 6.92 Å². The van der Waals surface area contributed by atoms with E-state index < -0.39 is 4.92 Å². The maximum atomic E-state index is 12.1. The fourth-order valence-corrected chi connectivity index (χ4v) is 2.89. The van der Waals surface area contributed by atoms with Crippen molar-refractivity contribution in [3.05, 3.63) is 39.4 Å². The Kier molecular flexibility index (Phi) is 4.57. The fraction of sp³-hybridized carbons (Fsp3) is 0.533. The lowest BCUT2D eigenvalue weighted by Crippen LogP contribution is -2.38. The highest BCUT2D eigenvalue weighted by atomic mass is 16.6. The van der Waals surface area contributed by atoms with E-state index in [1.165, 1.54) is 18.2 Å². The van der Waals surface area contributed by atoms with E-state index >= 15 is 0 Å². The van der Waals surface area contributed by atoms with Crippen LogP contribution in [0.4, 0.5) is 5.69 Å². The third-order valence-electron chi connectivity index (χ3n) is 4.28. The standard InChI is InChI=1S/C15H20N2O4/c1-11-8-12(4-5-13(11)17(20)21)14(19)16-9-15(10-18)6-2-3-7-15/h4-5,8,18H,2-3,6-7,9-10H2,1H3,(H,16,19). The summed E-state index contributed by atoms with van der Waals surface area (Å²) >= 11 is 0. The zero-order chi connectivity index (χ0) is 15.5. The highest BCUT2D eigenvalue weighted by molar-refractivity contribution is 5.94. The van der Waals surface area contributed by atoms with E-state index in [4.69, 9.17) is 0 Å². The molecule has 1 aliphatic rings. The van der Waals surface area contributed by atoms with Crippen LogP contribution in [0.25, 0.3) is 0 Å². The maximum absolute atomic E-state index is 12.1. The molecule has 114 valence electrons. The quantitative estimate of drug-likeness (QED) is 0.642. The number of amides is 1. The van der Waals surface area contributed by atoms with Gasteiger partial charge in [-0.05, 0) is 31.9 Å². The topological polar surface area (TPSA) is 92.5 Å². The number of carbonyl (C=O) groups excluding carboxylic acids is 1. The van der Waals surface area contributed by atoms with Crippen LogP contribution in [0.15, 0.2) is 18.2 Å². The number of carbonyl (C=O) groups is 1. The van der Waals surface area contributed by atoms with Crippen molar-refractivity contribution < 1.29 is 14.8 Å². The van der Waals surface area contributed by atoms with Crippen molar-refractivity contribution >= 4 is 11.6 Å². The lowest BCUT2D eigenvalue weighted by molar-refractivity contribution is -0.385. The van der Waals surface area contributed by atoms with E-state index in [1.807, 2.05) is 0 Å². The van der Waals surface area contributed by atoms with Gasteiger partial charge >= 0.3 is 0 Å². The predicted octanol–water partition coefficient (Wildman–Crippen LogP) is 2.19. The summed E-state index contributed by atoms with van der Waals surface area (Å²) < 4.78 is 0. The Hall–Kier alpha value is -1.95. The third-order valence-corrected chi connectivity index (χ3v) is 4.28. The van der Waals surface area contributed by atoms with Gasteiger partial charge < -0.3 is 10.4 Å². The minimum Gasteiger partial charge on any atom is -0.396 e. The molecule has 2 N–H and O–H groups in total. The first-order valence-electron chi connectivity index (χ1n) is 7.11. The van der Waals surface area contributed by atoms with Gasteiger partial charge in [0.2, 0.25) is 0 Å². The minimum absolute atomic E-state index is 0.00849. The molecule has 1 fully saturated rings. The Morgan fingerprint density at radius 3 is 2.62 bits per heavy atom. The molecular formula is C15H20N2O4. The molecule has 0 atom stereocenters. The molecule has 2 rings (SSSR count). The average molecular weight is 292 g/mol. The summed E-state index contributed by atoms with van der Waals surface area (Å²) in [6.45, 7) is 2.13. The Balaban J connectivity index is 2.03. The van der Waals surface area contributed by atoms with Crippen molar-refractivity contribution in [2.75, 3.05) is 13.2 Å². The number of rotatable bonds is 5. The second-order valence-electron chi connectivity index (χ2n) is 5.81. The Morgan fingerprint density at radius 1 is 1.43 bits per heavy atom. The number of nitrogens with one attached hydrogen (secondary N) is 1. The molecule has 0 unspecified atom stereocenters. The number of benzene rings is 1. The number of nitrogens with zero attached hydrogens (tertiary/aromatic N) is 1. The first kappa shape index (κ1) is 15.4. The van der Waals surface area contributed by atoms with Crippen LogP contribution in [-0.2, 0) is 0 Å². The molecule has 1 aromatic rings. The Bertz CT molecular complexity index is 551. The van der Waals surface area contributed by atoms with Crippen molar-refractivity contribution in [2.45, 2.75) is 32.6 Å². The van der Waals surface area contributed by atoms with Gasteiger partial charge in [-0.25, -0.2) is 0 Å². The van der Waals surface area contributed by atoms with E-state index in [-0.39, 0.29) is 23.6 Å². The molecule has 0 heterocycles. The molecule has 1 aliphatic carbocycles. The van der Waals surface area contributed by atoms with Gasteiger partial charge in [-0.3, -0.25) is 14.9 Å². The van der Waals surface area contributed by atoms with Gasteiger partial charge in [0.1, 0.15) is 0 Å². The molecular weight excluding hydrogens is 272 g/mol. The summed E-state index contributed by atoms with van der Waals surface area (Å²) in [7, 11) is 0. The van der Waals surface area contributed by atoms with Gasteiger partial charge in [0.15, 0.2) is 0 Å². The fourth-order valence-electron chi connectivity index (χ4n) is 2.89. The van der Waals surface area contributed by atoms with E-state index in [0.29, 0.717) is 17.7 Å². The molecule has 0 aliphatic heterocycles. The zero-order valence-corrected chi connectivity index (χ0v) is 12.1. The first-order valence-corrected chi connectivity index (χ1v) is 7.11. The highest BCUT2D eigenvalue weighted by Crippen LogP contribution is 2.36. The molecule has 0 bridgehead atoms. The lowest BCUT2D eigenvalue weighted by Gasteiger charge is -2.26. The van der Waals surface area contributed by atoms with Gasteiger partial charge in [-0.15, -0.1) is 0 Å². The summed E-state index contributed by atoms with van der Waals surface area (Å²) in [4.78, 5) is 22.4. The van der Waals surface area contributed by atoms with Crippen LogP contribution in [0.2, 0.25) is 0 Å². The second kappa shape index (κ2) is 6.22. The zero-order valence-electron chi connectivity index (χ0n) is 12.1. The van der Waals surface area contributed by atoms with Gasteiger partial charge in [-0.2, -0.15) is 0 Å². The molecule has 6 nitrogen and oxygen atoms in total. The van der Waals surface area contributed by atoms with Gasteiger partial charge in [-0.1, -0.05) is 12.8 Å². The summed E-state index contributed by atoms with van der Waals surface area (Å²) in [5.74, 6) is -0.257. The van der Waals surface area contributed by atoms with Crippen LogP contribution in [-0.4, -0.2) is 29.1 Å². The minimum atomic E-state index is -0.462. The molecule has 0 spiro atoms. The highest BCUT2D eigenvalue weighted by Gasteiger charge is 2.33. The second-order valence-corrected chi connectivity index (χ2v) is 5.81. The third kappa shape index (κ3) is 3.39. The Labute approximate surface area is 123 Å².